The highest BCUT2D eigenvalue weighted by molar-refractivity contribution is 5.64. The summed E-state index contributed by atoms with van der Waals surface area (Å²) in [6.45, 7) is 4.90. The maximum atomic E-state index is 5.57. The van der Waals surface area contributed by atoms with Crippen molar-refractivity contribution in [2.45, 2.75) is 26.4 Å². The Kier molecular flexibility index (Phi) is 5.19. The molecule has 0 spiro atoms. The normalized spacial score (nSPS) is 10.8. The van der Waals surface area contributed by atoms with E-state index in [2.05, 4.69) is 50.2 Å². The van der Waals surface area contributed by atoms with Gasteiger partial charge in [0.25, 0.3) is 0 Å². The van der Waals surface area contributed by atoms with Gasteiger partial charge in [-0.15, -0.1) is 0 Å². The van der Waals surface area contributed by atoms with Crippen LogP contribution in [0.5, 0.6) is 5.75 Å². The molecule has 0 bridgehead atoms. The van der Waals surface area contributed by atoms with Crippen LogP contribution in [0.25, 0.3) is 11.1 Å². The van der Waals surface area contributed by atoms with Crippen molar-refractivity contribution in [2.24, 2.45) is 0 Å². The Labute approximate surface area is 121 Å². The number of methoxy groups -OCH3 is 1. The number of hydrogen-bond acceptors (Lipinski definition) is 2. The van der Waals surface area contributed by atoms with Gasteiger partial charge in [-0.1, -0.05) is 36.4 Å². The standard InChI is InChI=1S/C18H22O2/c1-14(2)20-13-12-15-4-6-16(7-5-15)17-8-10-18(19-3)11-9-17/h4-11,14H,12-13H2,1-3H3. The first-order valence-electron chi connectivity index (χ1n) is 7.04. The zero-order chi connectivity index (χ0) is 14.4. The molecule has 2 heteroatoms. The molecule has 0 unspecified atom stereocenters. The van der Waals surface area contributed by atoms with Crippen LogP contribution in [-0.2, 0) is 11.2 Å². The lowest BCUT2D eigenvalue weighted by Gasteiger charge is -2.08. The summed E-state index contributed by atoms with van der Waals surface area (Å²) in [5.41, 5.74) is 3.74. The van der Waals surface area contributed by atoms with Gasteiger partial charge in [0.05, 0.1) is 19.8 Å². The molecule has 0 amide bonds. The van der Waals surface area contributed by atoms with Gasteiger partial charge in [0.15, 0.2) is 0 Å². The smallest absolute Gasteiger partial charge is 0.118 e. The average Bonchev–Trinajstić information content (AvgIpc) is 2.48. The minimum atomic E-state index is 0.300. The van der Waals surface area contributed by atoms with Crippen molar-refractivity contribution in [1.82, 2.24) is 0 Å². The van der Waals surface area contributed by atoms with Gasteiger partial charge in [-0.2, -0.15) is 0 Å². The first-order valence-corrected chi connectivity index (χ1v) is 7.04. The van der Waals surface area contributed by atoms with Gasteiger partial charge in [-0.25, -0.2) is 0 Å². The molecule has 0 N–H and O–H groups in total. The lowest BCUT2D eigenvalue weighted by atomic mass is 10.0. The van der Waals surface area contributed by atoms with Crippen molar-refractivity contribution in [1.29, 1.82) is 0 Å². The molecule has 0 radical (unpaired) electrons. The first kappa shape index (κ1) is 14.6. The minimum Gasteiger partial charge on any atom is -0.497 e. The number of benzene rings is 2. The number of ether oxygens (including phenoxy) is 2. The SMILES string of the molecule is COc1ccc(-c2ccc(CCOC(C)C)cc2)cc1. The second-order valence-electron chi connectivity index (χ2n) is 5.09. The maximum absolute atomic E-state index is 5.57. The predicted molar refractivity (Wildman–Crippen MR) is 83.2 cm³/mol. The van der Waals surface area contributed by atoms with Crippen molar-refractivity contribution < 1.29 is 9.47 Å². The molecular formula is C18H22O2. The summed E-state index contributed by atoms with van der Waals surface area (Å²) in [4.78, 5) is 0. The van der Waals surface area contributed by atoms with E-state index in [9.17, 15) is 0 Å². The molecule has 2 aromatic carbocycles. The summed E-state index contributed by atoms with van der Waals surface area (Å²) in [5.74, 6) is 0.885. The molecule has 20 heavy (non-hydrogen) atoms. The largest absolute Gasteiger partial charge is 0.497 e. The van der Waals surface area contributed by atoms with Gasteiger partial charge in [-0.3, -0.25) is 0 Å². The Hall–Kier alpha value is -1.80. The van der Waals surface area contributed by atoms with E-state index in [1.165, 1.54) is 16.7 Å². The fraction of sp³-hybridized carbons (Fsp3) is 0.333. The highest BCUT2D eigenvalue weighted by atomic mass is 16.5. The Morgan fingerprint density at radius 3 is 1.90 bits per heavy atom. The van der Waals surface area contributed by atoms with Crippen molar-refractivity contribution in [3.05, 3.63) is 54.1 Å². The van der Waals surface area contributed by atoms with Gasteiger partial charge >= 0.3 is 0 Å². The summed E-state index contributed by atoms with van der Waals surface area (Å²) >= 11 is 0. The van der Waals surface area contributed by atoms with E-state index in [0.717, 1.165) is 18.8 Å². The second kappa shape index (κ2) is 7.11. The van der Waals surface area contributed by atoms with Crippen LogP contribution < -0.4 is 4.74 Å². The number of rotatable bonds is 6. The Bertz CT molecular complexity index is 512. The van der Waals surface area contributed by atoms with Gasteiger partial charge in [0.1, 0.15) is 5.75 Å². The lowest BCUT2D eigenvalue weighted by molar-refractivity contribution is 0.0813. The quantitative estimate of drug-likeness (QED) is 0.778. The fourth-order valence-electron chi connectivity index (χ4n) is 2.06. The molecule has 2 nitrogen and oxygen atoms in total. The third-order valence-electron chi connectivity index (χ3n) is 3.22. The van der Waals surface area contributed by atoms with Crippen LogP contribution in [0, 0.1) is 0 Å². The van der Waals surface area contributed by atoms with Crippen molar-refractivity contribution in [3.8, 4) is 16.9 Å². The third kappa shape index (κ3) is 4.10. The van der Waals surface area contributed by atoms with Crippen molar-refractivity contribution in [3.63, 3.8) is 0 Å². The lowest BCUT2D eigenvalue weighted by Crippen LogP contribution is -2.05. The molecule has 0 atom stereocenters. The van der Waals surface area contributed by atoms with E-state index in [1.54, 1.807) is 7.11 Å². The zero-order valence-corrected chi connectivity index (χ0v) is 12.4. The molecule has 106 valence electrons. The summed E-state index contributed by atoms with van der Waals surface area (Å²) < 4.78 is 10.7. The molecular weight excluding hydrogens is 248 g/mol. The minimum absolute atomic E-state index is 0.300. The molecule has 0 aliphatic carbocycles. The van der Waals surface area contributed by atoms with Gasteiger partial charge < -0.3 is 9.47 Å². The van der Waals surface area contributed by atoms with Crippen LogP contribution in [0.1, 0.15) is 19.4 Å². The van der Waals surface area contributed by atoms with Gasteiger partial charge in [0, 0.05) is 0 Å². The molecule has 2 rings (SSSR count). The van der Waals surface area contributed by atoms with Crippen LogP contribution in [0.2, 0.25) is 0 Å². The van der Waals surface area contributed by atoms with E-state index >= 15 is 0 Å². The average molecular weight is 270 g/mol. The van der Waals surface area contributed by atoms with Crippen LogP contribution in [0.15, 0.2) is 48.5 Å². The molecule has 0 aromatic heterocycles. The van der Waals surface area contributed by atoms with Crippen LogP contribution in [0.3, 0.4) is 0 Å². The second-order valence-corrected chi connectivity index (χ2v) is 5.09. The highest BCUT2D eigenvalue weighted by Crippen LogP contribution is 2.22. The molecule has 0 aliphatic heterocycles. The molecule has 0 saturated heterocycles. The van der Waals surface area contributed by atoms with E-state index in [1.807, 2.05) is 12.1 Å². The van der Waals surface area contributed by atoms with Gasteiger partial charge in [-0.05, 0) is 49.1 Å². The Balaban J connectivity index is 1.99. The number of hydrogen-bond donors (Lipinski definition) is 0. The maximum Gasteiger partial charge on any atom is 0.118 e. The molecule has 2 aromatic rings. The monoisotopic (exact) mass is 270 g/mol. The van der Waals surface area contributed by atoms with E-state index in [0.29, 0.717) is 6.10 Å². The molecule has 0 saturated carbocycles. The van der Waals surface area contributed by atoms with Crippen molar-refractivity contribution >= 4 is 0 Å². The van der Waals surface area contributed by atoms with Gasteiger partial charge in [0.2, 0.25) is 0 Å². The van der Waals surface area contributed by atoms with Crippen LogP contribution >= 0.6 is 0 Å². The van der Waals surface area contributed by atoms with Crippen molar-refractivity contribution in [2.75, 3.05) is 13.7 Å². The van der Waals surface area contributed by atoms with E-state index in [4.69, 9.17) is 9.47 Å². The first-order chi connectivity index (χ1) is 9.69. The van der Waals surface area contributed by atoms with E-state index < -0.39 is 0 Å². The van der Waals surface area contributed by atoms with E-state index in [-0.39, 0.29) is 0 Å². The summed E-state index contributed by atoms with van der Waals surface area (Å²) in [5, 5.41) is 0. The molecule has 0 heterocycles. The Morgan fingerprint density at radius 2 is 1.40 bits per heavy atom. The highest BCUT2D eigenvalue weighted by Gasteiger charge is 2.00. The molecule has 0 fully saturated rings. The summed E-state index contributed by atoms with van der Waals surface area (Å²) in [6.07, 6.45) is 1.26. The zero-order valence-electron chi connectivity index (χ0n) is 12.4. The fourth-order valence-corrected chi connectivity index (χ4v) is 2.06. The topological polar surface area (TPSA) is 18.5 Å². The summed E-state index contributed by atoms with van der Waals surface area (Å²) in [7, 11) is 1.68. The Morgan fingerprint density at radius 1 is 0.850 bits per heavy atom. The predicted octanol–water partition coefficient (Wildman–Crippen LogP) is 4.33. The van der Waals surface area contributed by atoms with Crippen LogP contribution in [-0.4, -0.2) is 19.8 Å². The summed E-state index contributed by atoms with van der Waals surface area (Å²) in [6, 6.07) is 16.8. The third-order valence-corrected chi connectivity index (χ3v) is 3.22. The molecule has 0 aliphatic rings. The van der Waals surface area contributed by atoms with Crippen LogP contribution in [0.4, 0.5) is 0 Å².